The first-order valence-electron chi connectivity index (χ1n) is 7.65. The Balaban J connectivity index is 1.82. The number of amides is 2. The molecule has 0 fully saturated rings. The lowest BCUT2D eigenvalue weighted by atomic mass is 10.1. The van der Waals surface area contributed by atoms with Crippen molar-refractivity contribution in [1.82, 2.24) is 10.9 Å². The molecule has 0 aliphatic rings. The van der Waals surface area contributed by atoms with Gasteiger partial charge in [0, 0.05) is 11.6 Å². The number of benzene rings is 2. The highest BCUT2D eigenvalue weighted by Crippen LogP contribution is 2.18. The molecule has 25 heavy (non-hydrogen) atoms. The number of hydrazine groups is 1. The zero-order chi connectivity index (χ0) is 18.1. The van der Waals surface area contributed by atoms with Gasteiger partial charge in [0.25, 0.3) is 5.91 Å². The van der Waals surface area contributed by atoms with Gasteiger partial charge in [-0.15, -0.1) is 0 Å². The lowest BCUT2D eigenvalue weighted by Gasteiger charge is -2.06. The molecule has 2 amide bonds. The Labute approximate surface area is 146 Å². The number of carbonyl (C=O) groups is 2. The topological polar surface area (TPSA) is 76.7 Å². The summed E-state index contributed by atoms with van der Waals surface area (Å²) in [5.41, 5.74) is 6.30. The van der Waals surface area contributed by atoms with Gasteiger partial charge in [-0.3, -0.25) is 20.4 Å². The predicted octanol–water partition coefficient (Wildman–Crippen LogP) is 2.11. The lowest BCUT2D eigenvalue weighted by Crippen LogP contribution is -2.41. The molecule has 2 aromatic carbocycles. The number of methoxy groups -OCH3 is 2. The maximum Gasteiger partial charge on any atom is 0.262 e. The molecule has 0 saturated carbocycles. The van der Waals surface area contributed by atoms with Crippen LogP contribution in [0, 0.1) is 0 Å². The van der Waals surface area contributed by atoms with Gasteiger partial charge in [0.1, 0.15) is 11.5 Å². The molecule has 6 nitrogen and oxygen atoms in total. The molecular formula is C19H20N2O4. The van der Waals surface area contributed by atoms with Gasteiger partial charge >= 0.3 is 0 Å². The van der Waals surface area contributed by atoms with Crippen molar-refractivity contribution in [2.45, 2.75) is 6.42 Å². The van der Waals surface area contributed by atoms with Crippen molar-refractivity contribution >= 4 is 17.9 Å². The van der Waals surface area contributed by atoms with Crippen LogP contribution in [0.15, 0.2) is 54.6 Å². The molecule has 0 bridgehead atoms. The molecule has 0 aliphatic heterocycles. The molecule has 6 heteroatoms. The van der Waals surface area contributed by atoms with Crippen molar-refractivity contribution in [3.63, 3.8) is 0 Å². The van der Waals surface area contributed by atoms with E-state index in [0.29, 0.717) is 5.75 Å². The summed E-state index contributed by atoms with van der Waals surface area (Å²) in [5.74, 6) is 0.632. The average Bonchev–Trinajstić information content (AvgIpc) is 2.65. The number of rotatable bonds is 6. The van der Waals surface area contributed by atoms with Crippen LogP contribution in [0.4, 0.5) is 0 Å². The molecule has 0 unspecified atom stereocenters. The van der Waals surface area contributed by atoms with Gasteiger partial charge in [-0.1, -0.05) is 30.3 Å². The smallest absolute Gasteiger partial charge is 0.262 e. The quantitative estimate of drug-likeness (QED) is 0.624. The van der Waals surface area contributed by atoms with Crippen LogP contribution in [-0.4, -0.2) is 26.0 Å². The number of ether oxygens (including phenoxy) is 2. The summed E-state index contributed by atoms with van der Waals surface area (Å²) in [7, 11) is 3.14. The minimum absolute atomic E-state index is 0.153. The Kier molecular flexibility index (Phi) is 6.59. The third-order valence-corrected chi connectivity index (χ3v) is 3.40. The number of carbonyl (C=O) groups excluding carboxylic acids is 2. The zero-order valence-corrected chi connectivity index (χ0v) is 14.1. The van der Waals surface area contributed by atoms with Gasteiger partial charge in [-0.2, -0.15) is 0 Å². The van der Waals surface area contributed by atoms with Crippen LogP contribution in [0.25, 0.3) is 6.08 Å². The van der Waals surface area contributed by atoms with Crippen molar-refractivity contribution in [2.75, 3.05) is 14.2 Å². The molecule has 130 valence electrons. The van der Waals surface area contributed by atoms with Crippen molar-refractivity contribution in [2.24, 2.45) is 0 Å². The first-order valence-corrected chi connectivity index (χ1v) is 7.65. The van der Waals surface area contributed by atoms with E-state index in [9.17, 15) is 9.59 Å². The van der Waals surface area contributed by atoms with E-state index in [0.717, 1.165) is 16.9 Å². The summed E-state index contributed by atoms with van der Waals surface area (Å²) in [4.78, 5) is 23.6. The molecule has 2 rings (SSSR count). The van der Waals surface area contributed by atoms with Crippen LogP contribution >= 0.6 is 0 Å². The van der Waals surface area contributed by atoms with Gasteiger partial charge in [-0.25, -0.2) is 0 Å². The van der Waals surface area contributed by atoms with Crippen LogP contribution in [0.2, 0.25) is 0 Å². The van der Waals surface area contributed by atoms with E-state index in [1.54, 1.807) is 50.6 Å². The van der Waals surface area contributed by atoms with Gasteiger partial charge in [0.15, 0.2) is 0 Å². The highest BCUT2D eigenvalue weighted by Gasteiger charge is 2.05. The molecule has 0 radical (unpaired) electrons. The Morgan fingerprint density at radius 2 is 1.68 bits per heavy atom. The molecule has 0 atom stereocenters. The average molecular weight is 340 g/mol. The molecular weight excluding hydrogens is 320 g/mol. The maximum absolute atomic E-state index is 11.8. The summed E-state index contributed by atoms with van der Waals surface area (Å²) in [6.07, 6.45) is 3.09. The Hall–Kier alpha value is -3.28. The summed E-state index contributed by atoms with van der Waals surface area (Å²) in [6, 6.07) is 14.4. The second kappa shape index (κ2) is 9.12. The highest BCUT2D eigenvalue weighted by molar-refractivity contribution is 5.93. The van der Waals surface area contributed by atoms with Gasteiger partial charge < -0.3 is 9.47 Å². The van der Waals surface area contributed by atoms with Gasteiger partial charge in [-0.05, 0) is 29.8 Å². The fourth-order valence-corrected chi connectivity index (χ4v) is 2.12. The minimum atomic E-state index is -0.436. The third-order valence-electron chi connectivity index (χ3n) is 3.40. The Bertz CT molecular complexity index is 754. The van der Waals surface area contributed by atoms with E-state index >= 15 is 0 Å². The first-order chi connectivity index (χ1) is 12.1. The van der Waals surface area contributed by atoms with E-state index in [-0.39, 0.29) is 12.3 Å². The largest absolute Gasteiger partial charge is 0.497 e. The second-order valence-corrected chi connectivity index (χ2v) is 5.14. The van der Waals surface area contributed by atoms with Crippen molar-refractivity contribution in [1.29, 1.82) is 0 Å². The highest BCUT2D eigenvalue weighted by atomic mass is 16.5. The van der Waals surface area contributed by atoms with Crippen LogP contribution in [0.5, 0.6) is 11.5 Å². The summed E-state index contributed by atoms with van der Waals surface area (Å²) < 4.78 is 10.3. The van der Waals surface area contributed by atoms with Gasteiger partial charge in [0.2, 0.25) is 5.91 Å². The molecule has 2 N–H and O–H groups in total. The number of para-hydroxylation sites is 1. The normalized spacial score (nSPS) is 10.3. The number of hydrogen-bond donors (Lipinski definition) is 2. The van der Waals surface area contributed by atoms with E-state index in [2.05, 4.69) is 10.9 Å². The monoisotopic (exact) mass is 340 g/mol. The van der Waals surface area contributed by atoms with E-state index < -0.39 is 5.91 Å². The van der Waals surface area contributed by atoms with Crippen molar-refractivity contribution in [3.05, 3.63) is 65.7 Å². The van der Waals surface area contributed by atoms with Crippen LogP contribution in [-0.2, 0) is 16.0 Å². The van der Waals surface area contributed by atoms with Crippen LogP contribution in [0.1, 0.15) is 11.1 Å². The lowest BCUT2D eigenvalue weighted by molar-refractivity contribution is -0.126. The Morgan fingerprint density at radius 3 is 2.36 bits per heavy atom. The van der Waals surface area contributed by atoms with E-state index in [1.165, 1.54) is 6.08 Å². The zero-order valence-electron chi connectivity index (χ0n) is 14.1. The molecule has 2 aromatic rings. The van der Waals surface area contributed by atoms with Gasteiger partial charge in [0.05, 0.1) is 20.6 Å². The standard InChI is InChI=1S/C19H20N2O4/c1-24-16-10-7-14(8-11-16)13-19(23)21-20-18(22)12-9-15-5-3-4-6-17(15)25-2/h3-12H,13H2,1-2H3,(H,20,22)(H,21,23)/b12-9+. The van der Waals surface area contributed by atoms with E-state index in [4.69, 9.17) is 9.47 Å². The molecule has 0 aromatic heterocycles. The molecule has 0 aliphatic carbocycles. The second-order valence-electron chi connectivity index (χ2n) is 5.14. The van der Waals surface area contributed by atoms with Crippen molar-refractivity contribution in [3.8, 4) is 11.5 Å². The summed E-state index contributed by atoms with van der Waals surface area (Å²) in [5, 5.41) is 0. The number of hydrogen-bond acceptors (Lipinski definition) is 4. The van der Waals surface area contributed by atoms with Crippen molar-refractivity contribution < 1.29 is 19.1 Å². The Morgan fingerprint density at radius 1 is 0.960 bits per heavy atom. The van der Waals surface area contributed by atoms with Crippen LogP contribution in [0.3, 0.4) is 0 Å². The first kappa shape index (κ1) is 18.1. The summed E-state index contributed by atoms with van der Waals surface area (Å²) >= 11 is 0. The summed E-state index contributed by atoms with van der Waals surface area (Å²) in [6.45, 7) is 0. The molecule has 0 saturated heterocycles. The number of nitrogens with one attached hydrogen (secondary N) is 2. The van der Waals surface area contributed by atoms with Crippen LogP contribution < -0.4 is 20.3 Å². The fourth-order valence-electron chi connectivity index (χ4n) is 2.12. The van der Waals surface area contributed by atoms with E-state index in [1.807, 2.05) is 18.2 Å². The predicted molar refractivity (Wildman–Crippen MR) is 95.0 cm³/mol. The third kappa shape index (κ3) is 5.69. The maximum atomic E-state index is 11.8. The fraction of sp³-hybridized carbons (Fsp3) is 0.158. The molecule has 0 spiro atoms. The molecule has 0 heterocycles. The SMILES string of the molecule is COc1ccc(CC(=O)NNC(=O)/C=C/c2ccccc2OC)cc1. The minimum Gasteiger partial charge on any atom is -0.497 e.